The SMILES string of the molecule is Cc1ccccc1CN(C(=O)CN(c1cccc([N+](=O)[O-])c1)S(C)(=O)=O)C(Cc1ccccc1)C(=O)NC1CCCC1. The number of sulfonamides is 1. The molecule has 0 aliphatic heterocycles. The van der Waals surface area contributed by atoms with Crippen molar-refractivity contribution < 1.29 is 22.9 Å². The fourth-order valence-corrected chi connectivity index (χ4v) is 6.11. The number of nitro benzene ring substituents is 1. The summed E-state index contributed by atoms with van der Waals surface area (Å²) in [5.41, 5.74) is 2.28. The van der Waals surface area contributed by atoms with Crippen molar-refractivity contribution in [2.45, 2.75) is 57.7 Å². The van der Waals surface area contributed by atoms with Gasteiger partial charge in [-0.3, -0.25) is 24.0 Å². The summed E-state index contributed by atoms with van der Waals surface area (Å²) in [5.74, 6) is -0.897. The van der Waals surface area contributed by atoms with Crippen LogP contribution in [0.5, 0.6) is 0 Å². The van der Waals surface area contributed by atoms with E-state index in [-0.39, 0.29) is 36.3 Å². The highest BCUT2D eigenvalue weighted by Gasteiger charge is 2.34. The molecule has 0 bridgehead atoms. The average Bonchev–Trinajstić information content (AvgIpc) is 3.47. The van der Waals surface area contributed by atoms with Crippen LogP contribution in [0.15, 0.2) is 78.9 Å². The van der Waals surface area contributed by atoms with Crippen LogP contribution in [-0.4, -0.2) is 54.9 Å². The third kappa shape index (κ3) is 7.94. The Morgan fingerprint density at radius 2 is 1.67 bits per heavy atom. The number of hydrogen-bond donors (Lipinski definition) is 1. The van der Waals surface area contributed by atoms with Crippen molar-refractivity contribution in [3.8, 4) is 0 Å². The molecule has 1 unspecified atom stereocenters. The maximum atomic E-state index is 14.2. The lowest BCUT2D eigenvalue weighted by Crippen LogP contribution is -2.54. The van der Waals surface area contributed by atoms with Gasteiger partial charge in [0.2, 0.25) is 21.8 Å². The van der Waals surface area contributed by atoms with Gasteiger partial charge in [0.25, 0.3) is 5.69 Å². The normalized spacial score (nSPS) is 14.2. The van der Waals surface area contributed by atoms with Crippen molar-refractivity contribution in [3.05, 3.63) is 106 Å². The van der Waals surface area contributed by atoms with Crippen LogP contribution in [0.4, 0.5) is 11.4 Å². The first-order chi connectivity index (χ1) is 20.0. The molecule has 1 aliphatic rings. The highest BCUT2D eigenvalue weighted by atomic mass is 32.2. The zero-order valence-corrected chi connectivity index (χ0v) is 24.6. The number of rotatable bonds is 12. The summed E-state index contributed by atoms with van der Waals surface area (Å²) in [6.07, 6.45) is 4.94. The third-order valence-corrected chi connectivity index (χ3v) is 8.72. The van der Waals surface area contributed by atoms with Gasteiger partial charge in [-0.2, -0.15) is 0 Å². The number of aryl methyl sites for hydroxylation is 1. The molecule has 10 nitrogen and oxygen atoms in total. The topological polar surface area (TPSA) is 130 Å². The van der Waals surface area contributed by atoms with Gasteiger partial charge in [-0.15, -0.1) is 0 Å². The lowest BCUT2D eigenvalue weighted by Gasteiger charge is -2.34. The summed E-state index contributed by atoms with van der Waals surface area (Å²) in [4.78, 5) is 40.3. The zero-order valence-electron chi connectivity index (χ0n) is 23.8. The molecular formula is C31H36N4O6S. The minimum absolute atomic E-state index is 0.00842. The molecular weight excluding hydrogens is 556 g/mol. The van der Waals surface area contributed by atoms with Crippen molar-refractivity contribution >= 4 is 33.2 Å². The van der Waals surface area contributed by atoms with E-state index in [0.717, 1.165) is 59.0 Å². The van der Waals surface area contributed by atoms with Crippen LogP contribution in [0, 0.1) is 17.0 Å². The van der Waals surface area contributed by atoms with Crippen LogP contribution < -0.4 is 9.62 Å². The van der Waals surface area contributed by atoms with Gasteiger partial charge in [0.15, 0.2) is 0 Å². The van der Waals surface area contributed by atoms with E-state index >= 15 is 0 Å². The molecule has 1 atom stereocenters. The number of carbonyl (C=O) groups excluding carboxylic acids is 2. The molecule has 42 heavy (non-hydrogen) atoms. The summed E-state index contributed by atoms with van der Waals surface area (Å²) < 4.78 is 26.7. The van der Waals surface area contributed by atoms with Crippen LogP contribution in [0.3, 0.4) is 0 Å². The lowest BCUT2D eigenvalue weighted by molar-refractivity contribution is -0.384. The van der Waals surface area contributed by atoms with E-state index < -0.39 is 33.4 Å². The second kappa shape index (κ2) is 13.6. The van der Waals surface area contributed by atoms with Gasteiger partial charge in [0.05, 0.1) is 16.9 Å². The van der Waals surface area contributed by atoms with Crippen molar-refractivity contribution in [2.75, 3.05) is 17.1 Å². The molecule has 1 fully saturated rings. The standard InChI is InChI=1S/C31H36N4O6S/c1-23-11-6-7-14-25(23)21-33(29(19-24-12-4-3-5-13-24)31(37)32-26-15-8-9-16-26)30(36)22-34(42(2,40)41)27-17-10-18-28(20-27)35(38)39/h3-7,10-14,17-18,20,26,29H,8-9,15-16,19,21-22H2,1-2H3,(H,32,37). The van der Waals surface area contributed by atoms with Crippen molar-refractivity contribution in [1.29, 1.82) is 0 Å². The van der Waals surface area contributed by atoms with E-state index in [2.05, 4.69) is 5.32 Å². The zero-order chi connectivity index (χ0) is 30.3. The number of anilines is 1. The maximum absolute atomic E-state index is 14.2. The number of nitro groups is 1. The molecule has 3 aromatic carbocycles. The Balaban J connectivity index is 1.74. The summed E-state index contributed by atoms with van der Waals surface area (Å²) in [6.45, 7) is 1.36. The molecule has 4 rings (SSSR count). The molecule has 0 saturated heterocycles. The quantitative estimate of drug-likeness (QED) is 0.246. The summed E-state index contributed by atoms with van der Waals surface area (Å²) in [6, 6.07) is 21.1. The predicted octanol–water partition coefficient (Wildman–Crippen LogP) is 4.37. The van der Waals surface area contributed by atoms with Gasteiger partial charge in [0.1, 0.15) is 12.6 Å². The van der Waals surface area contributed by atoms with E-state index in [1.165, 1.54) is 23.1 Å². The van der Waals surface area contributed by atoms with Crippen molar-refractivity contribution in [3.63, 3.8) is 0 Å². The monoisotopic (exact) mass is 592 g/mol. The first-order valence-corrected chi connectivity index (χ1v) is 15.8. The number of benzene rings is 3. The van der Waals surface area contributed by atoms with Crippen LogP contribution in [0.1, 0.15) is 42.4 Å². The lowest BCUT2D eigenvalue weighted by atomic mass is 10.0. The smallest absolute Gasteiger partial charge is 0.271 e. The van der Waals surface area contributed by atoms with E-state index in [9.17, 15) is 28.1 Å². The fourth-order valence-electron chi connectivity index (χ4n) is 5.27. The van der Waals surface area contributed by atoms with Gasteiger partial charge in [-0.05, 0) is 42.5 Å². The summed E-state index contributed by atoms with van der Waals surface area (Å²) in [7, 11) is -4.03. The first kappa shape index (κ1) is 30.7. The van der Waals surface area contributed by atoms with E-state index in [4.69, 9.17) is 0 Å². The minimum atomic E-state index is -4.03. The Morgan fingerprint density at radius 3 is 2.31 bits per heavy atom. The molecule has 11 heteroatoms. The Hall–Kier alpha value is -4.25. The molecule has 1 N–H and O–H groups in total. The second-order valence-electron chi connectivity index (χ2n) is 10.7. The Morgan fingerprint density at radius 1 is 1.00 bits per heavy atom. The molecule has 1 aliphatic carbocycles. The van der Waals surface area contributed by atoms with E-state index in [0.29, 0.717) is 0 Å². The number of amides is 2. The van der Waals surface area contributed by atoms with Gasteiger partial charge in [-0.1, -0.05) is 73.5 Å². The van der Waals surface area contributed by atoms with Crippen molar-refractivity contribution in [1.82, 2.24) is 10.2 Å². The van der Waals surface area contributed by atoms with Crippen molar-refractivity contribution in [2.24, 2.45) is 0 Å². The first-order valence-electron chi connectivity index (χ1n) is 13.9. The molecule has 0 radical (unpaired) electrons. The highest BCUT2D eigenvalue weighted by Crippen LogP contribution is 2.25. The predicted molar refractivity (Wildman–Crippen MR) is 161 cm³/mol. The van der Waals surface area contributed by atoms with Crippen LogP contribution in [-0.2, 0) is 32.6 Å². The van der Waals surface area contributed by atoms with Gasteiger partial charge >= 0.3 is 0 Å². The van der Waals surface area contributed by atoms with Crippen LogP contribution >= 0.6 is 0 Å². The molecule has 1 saturated carbocycles. The average molecular weight is 593 g/mol. The molecule has 0 heterocycles. The van der Waals surface area contributed by atoms with E-state index in [1.807, 2.05) is 61.5 Å². The number of carbonyl (C=O) groups is 2. The number of hydrogen-bond acceptors (Lipinski definition) is 6. The number of nitrogens with zero attached hydrogens (tertiary/aromatic N) is 3. The van der Waals surface area contributed by atoms with Gasteiger partial charge < -0.3 is 10.2 Å². The van der Waals surface area contributed by atoms with Crippen LogP contribution in [0.25, 0.3) is 0 Å². The summed E-state index contributed by atoms with van der Waals surface area (Å²) >= 11 is 0. The van der Waals surface area contributed by atoms with E-state index in [1.54, 1.807) is 0 Å². The third-order valence-electron chi connectivity index (χ3n) is 7.58. The Labute approximate surface area is 246 Å². The molecule has 0 aromatic heterocycles. The Bertz CT molecular complexity index is 1520. The maximum Gasteiger partial charge on any atom is 0.271 e. The molecule has 3 aromatic rings. The van der Waals surface area contributed by atoms with Gasteiger partial charge in [-0.25, -0.2) is 8.42 Å². The minimum Gasteiger partial charge on any atom is -0.352 e. The fraction of sp³-hybridized carbons (Fsp3) is 0.355. The largest absolute Gasteiger partial charge is 0.352 e. The number of non-ortho nitro benzene ring substituents is 1. The second-order valence-corrected chi connectivity index (χ2v) is 12.6. The number of nitrogens with one attached hydrogen (secondary N) is 1. The highest BCUT2D eigenvalue weighted by molar-refractivity contribution is 7.92. The Kier molecular flexibility index (Phi) is 9.95. The van der Waals surface area contributed by atoms with Gasteiger partial charge in [0, 0.05) is 31.1 Å². The molecule has 222 valence electrons. The van der Waals surface area contributed by atoms with Crippen LogP contribution in [0.2, 0.25) is 0 Å². The summed E-state index contributed by atoms with van der Waals surface area (Å²) in [5, 5.41) is 14.5. The molecule has 0 spiro atoms. The molecule has 2 amide bonds.